The minimum Gasteiger partial charge on any atom is -0.497 e. The second-order valence-electron chi connectivity index (χ2n) is 7.11. The fraction of sp³-hybridized carbons (Fsp3) is 0.409. The van der Waals surface area contributed by atoms with Crippen LogP contribution in [0.4, 0.5) is 5.69 Å². The van der Waals surface area contributed by atoms with Crippen molar-refractivity contribution in [3.8, 4) is 5.75 Å². The highest BCUT2D eigenvalue weighted by Gasteiger charge is 2.15. The number of nitrogens with one attached hydrogen (secondary N) is 1. The molecule has 1 fully saturated rings. The molecule has 1 atom stereocenters. The van der Waals surface area contributed by atoms with Crippen LogP contribution in [0.3, 0.4) is 0 Å². The summed E-state index contributed by atoms with van der Waals surface area (Å²) in [6.07, 6.45) is 0. The van der Waals surface area contributed by atoms with Crippen molar-refractivity contribution in [3.05, 3.63) is 54.1 Å². The van der Waals surface area contributed by atoms with E-state index in [0.717, 1.165) is 42.4 Å². The lowest BCUT2D eigenvalue weighted by Crippen LogP contribution is -2.44. The maximum atomic E-state index is 12.4. The van der Waals surface area contributed by atoms with Crippen molar-refractivity contribution in [2.24, 2.45) is 0 Å². The van der Waals surface area contributed by atoms with Crippen molar-refractivity contribution in [3.63, 3.8) is 0 Å². The summed E-state index contributed by atoms with van der Waals surface area (Å²) < 4.78 is 5.17. The molecule has 150 valence electrons. The van der Waals surface area contributed by atoms with Gasteiger partial charge in [0.05, 0.1) is 12.4 Å². The number of piperazine rings is 1. The monoisotopic (exact) mass is 399 g/mol. The highest BCUT2D eigenvalue weighted by molar-refractivity contribution is 8.00. The summed E-state index contributed by atoms with van der Waals surface area (Å²) >= 11 is 1.55. The number of carbonyl (C=O) groups is 1. The van der Waals surface area contributed by atoms with Gasteiger partial charge in [0, 0.05) is 43.3 Å². The van der Waals surface area contributed by atoms with E-state index >= 15 is 0 Å². The number of hydrogen-bond acceptors (Lipinski definition) is 5. The van der Waals surface area contributed by atoms with Gasteiger partial charge in [0.25, 0.3) is 0 Å². The largest absolute Gasteiger partial charge is 0.497 e. The average molecular weight is 400 g/mol. The number of carbonyl (C=O) groups excluding carboxylic acids is 1. The molecule has 1 unspecified atom stereocenters. The Bertz CT molecular complexity index is 756. The number of methoxy groups -OCH3 is 1. The molecular weight excluding hydrogens is 370 g/mol. The molecule has 6 heteroatoms. The molecule has 1 aliphatic heterocycles. The van der Waals surface area contributed by atoms with Gasteiger partial charge in [-0.15, -0.1) is 11.8 Å². The number of rotatable bonds is 7. The van der Waals surface area contributed by atoms with E-state index in [1.807, 2.05) is 31.2 Å². The SMILES string of the molecule is COc1ccc(SC(C)C(=O)NCc2ccc(N3CCN(C)CC3)cc2)cc1. The average Bonchev–Trinajstić information content (AvgIpc) is 2.73. The Morgan fingerprint density at radius 2 is 1.71 bits per heavy atom. The molecule has 5 nitrogen and oxygen atoms in total. The van der Waals surface area contributed by atoms with Crippen LogP contribution in [-0.4, -0.2) is 56.4 Å². The zero-order valence-electron chi connectivity index (χ0n) is 16.9. The molecule has 1 saturated heterocycles. The van der Waals surface area contributed by atoms with Crippen LogP contribution in [0, 0.1) is 0 Å². The molecular formula is C22H29N3O2S. The van der Waals surface area contributed by atoms with Gasteiger partial charge in [-0.05, 0) is 55.9 Å². The number of nitrogens with zero attached hydrogens (tertiary/aromatic N) is 2. The van der Waals surface area contributed by atoms with Crippen molar-refractivity contribution < 1.29 is 9.53 Å². The van der Waals surface area contributed by atoms with Gasteiger partial charge in [-0.1, -0.05) is 12.1 Å². The zero-order chi connectivity index (χ0) is 19.9. The Morgan fingerprint density at radius 1 is 1.07 bits per heavy atom. The summed E-state index contributed by atoms with van der Waals surface area (Å²) in [6.45, 7) is 6.80. The van der Waals surface area contributed by atoms with Crippen LogP contribution in [0.2, 0.25) is 0 Å². The van der Waals surface area contributed by atoms with Crippen molar-refractivity contribution in [1.82, 2.24) is 10.2 Å². The van der Waals surface area contributed by atoms with Gasteiger partial charge in [-0.2, -0.15) is 0 Å². The molecule has 28 heavy (non-hydrogen) atoms. The fourth-order valence-corrected chi connectivity index (χ4v) is 4.03. The Hall–Kier alpha value is -2.18. The molecule has 0 aromatic heterocycles. The number of thioether (sulfide) groups is 1. The van der Waals surface area contributed by atoms with E-state index in [2.05, 4.69) is 46.4 Å². The first-order chi connectivity index (χ1) is 13.5. The molecule has 1 aliphatic rings. The van der Waals surface area contributed by atoms with E-state index in [4.69, 9.17) is 4.74 Å². The third kappa shape index (κ3) is 5.66. The Labute approximate surface area is 172 Å². The Morgan fingerprint density at radius 3 is 2.32 bits per heavy atom. The number of anilines is 1. The molecule has 0 aliphatic carbocycles. The van der Waals surface area contributed by atoms with E-state index in [1.54, 1.807) is 18.9 Å². The summed E-state index contributed by atoms with van der Waals surface area (Å²) in [7, 11) is 3.81. The second-order valence-corrected chi connectivity index (χ2v) is 8.52. The van der Waals surface area contributed by atoms with Crippen molar-refractivity contribution in [2.75, 3.05) is 45.2 Å². The standard InChI is InChI=1S/C22H29N3O2S/c1-17(28-21-10-8-20(27-3)9-11-21)22(26)23-16-18-4-6-19(7-5-18)25-14-12-24(2)13-15-25/h4-11,17H,12-16H2,1-3H3,(H,23,26). The van der Waals surface area contributed by atoms with Gasteiger partial charge >= 0.3 is 0 Å². The summed E-state index contributed by atoms with van der Waals surface area (Å²) in [5.74, 6) is 0.866. The minimum atomic E-state index is -0.155. The predicted molar refractivity (Wildman–Crippen MR) is 116 cm³/mol. The Kier molecular flexibility index (Phi) is 7.23. The lowest BCUT2D eigenvalue weighted by molar-refractivity contribution is -0.120. The number of ether oxygens (including phenoxy) is 1. The first-order valence-corrected chi connectivity index (χ1v) is 10.5. The van der Waals surface area contributed by atoms with Crippen molar-refractivity contribution >= 4 is 23.4 Å². The van der Waals surface area contributed by atoms with Gasteiger partial charge in [-0.3, -0.25) is 4.79 Å². The minimum absolute atomic E-state index is 0.0453. The first-order valence-electron chi connectivity index (χ1n) is 9.66. The normalized spacial score (nSPS) is 15.9. The number of amides is 1. The quantitative estimate of drug-likeness (QED) is 0.724. The van der Waals surface area contributed by atoms with Crippen LogP contribution < -0.4 is 15.0 Å². The summed E-state index contributed by atoms with van der Waals surface area (Å²) in [5, 5.41) is 2.89. The second kappa shape index (κ2) is 9.85. The maximum Gasteiger partial charge on any atom is 0.233 e. The summed E-state index contributed by atoms with van der Waals surface area (Å²) in [6, 6.07) is 16.3. The van der Waals surface area contributed by atoms with Crippen molar-refractivity contribution in [1.29, 1.82) is 0 Å². The molecule has 0 bridgehead atoms. The van der Waals surface area contributed by atoms with Crippen LogP contribution in [-0.2, 0) is 11.3 Å². The van der Waals surface area contributed by atoms with Crippen molar-refractivity contribution in [2.45, 2.75) is 23.6 Å². The number of hydrogen-bond donors (Lipinski definition) is 1. The molecule has 1 N–H and O–H groups in total. The molecule has 0 spiro atoms. The van der Waals surface area contributed by atoms with Gasteiger partial charge in [0.1, 0.15) is 5.75 Å². The third-order valence-electron chi connectivity index (χ3n) is 5.01. The predicted octanol–water partition coefficient (Wildman–Crippen LogP) is 3.24. The summed E-state index contributed by atoms with van der Waals surface area (Å²) in [5.41, 5.74) is 2.37. The van der Waals surface area contributed by atoms with E-state index in [9.17, 15) is 4.79 Å². The highest BCUT2D eigenvalue weighted by Crippen LogP contribution is 2.25. The third-order valence-corrected chi connectivity index (χ3v) is 6.12. The van der Waals surface area contributed by atoms with Gasteiger partial charge in [0.2, 0.25) is 5.91 Å². The smallest absolute Gasteiger partial charge is 0.233 e. The van der Waals surface area contributed by atoms with Crippen LogP contribution in [0.15, 0.2) is 53.4 Å². The van der Waals surface area contributed by atoms with Crippen LogP contribution in [0.5, 0.6) is 5.75 Å². The fourth-order valence-electron chi connectivity index (χ4n) is 3.13. The molecule has 1 heterocycles. The zero-order valence-corrected chi connectivity index (χ0v) is 17.7. The summed E-state index contributed by atoms with van der Waals surface area (Å²) in [4.78, 5) is 18.2. The van der Waals surface area contributed by atoms with Gasteiger partial charge < -0.3 is 19.9 Å². The highest BCUT2D eigenvalue weighted by atomic mass is 32.2. The van der Waals surface area contributed by atoms with Gasteiger partial charge in [-0.25, -0.2) is 0 Å². The van der Waals surface area contributed by atoms with E-state index < -0.39 is 0 Å². The Balaban J connectivity index is 1.46. The topological polar surface area (TPSA) is 44.8 Å². The van der Waals surface area contributed by atoms with Gasteiger partial charge in [0.15, 0.2) is 0 Å². The van der Waals surface area contributed by atoms with E-state index in [-0.39, 0.29) is 11.2 Å². The molecule has 0 radical (unpaired) electrons. The van der Waals surface area contributed by atoms with Crippen LogP contribution >= 0.6 is 11.8 Å². The van der Waals surface area contributed by atoms with E-state index in [0.29, 0.717) is 6.54 Å². The van der Waals surface area contributed by atoms with E-state index in [1.165, 1.54) is 5.69 Å². The molecule has 2 aromatic rings. The number of likely N-dealkylation sites (N-methyl/N-ethyl adjacent to an activating group) is 1. The molecule has 2 aromatic carbocycles. The lowest BCUT2D eigenvalue weighted by Gasteiger charge is -2.34. The van der Waals surface area contributed by atoms with Crippen LogP contribution in [0.1, 0.15) is 12.5 Å². The lowest BCUT2D eigenvalue weighted by atomic mass is 10.1. The maximum absolute atomic E-state index is 12.4. The first kappa shape index (κ1) is 20.6. The number of benzene rings is 2. The van der Waals surface area contributed by atoms with Crippen LogP contribution in [0.25, 0.3) is 0 Å². The molecule has 0 saturated carbocycles. The molecule has 3 rings (SSSR count). The molecule has 1 amide bonds.